The number of rotatable bonds is 5. The number of para-hydroxylation sites is 1. The fraction of sp³-hybridized carbons (Fsp3) is 0.389. The average Bonchev–Trinajstić information content (AvgIpc) is 3.16. The molecule has 1 aromatic carbocycles. The van der Waals surface area contributed by atoms with Crippen LogP contribution in [0.25, 0.3) is 0 Å². The topological polar surface area (TPSA) is 62.3 Å². The number of anilines is 2. The fourth-order valence-corrected chi connectivity index (χ4v) is 3.69. The summed E-state index contributed by atoms with van der Waals surface area (Å²) < 4.78 is 0. The number of aromatic nitrogens is 1. The lowest BCUT2D eigenvalue weighted by Gasteiger charge is -2.13. The van der Waals surface area contributed by atoms with E-state index in [1.54, 1.807) is 4.90 Å². The molecule has 126 valence electrons. The Labute approximate surface area is 145 Å². The lowest BCUT2D eigenvalue weighted by molar-refractivity contribution is -0.117. The SMILES string of the molecule is CC(C)c1ccccc1NC(=O)Cc1csc(N2CCCC2=O)n1. The van der Waals surface area contributed by atoms with Gasteiger partial charge in [-0.25, -0.2) is 4.98 Å². The molecular weight excluding hydrogens is 322 g/mol. The first-order valence-electron chi connectivity index (χ1n) is 8.18. The molecule has 0 saturated carbocycles. The highest BCUT2D eigenvalue weighted by Gasteiger charge is 2.24. The van der Waals surface area contributed by atoms with Crippen molar-refractivity contribution in [1.29, 1.82) is 0 Å². The summed E-state index contributed by atoms with van der Waals surface area (Å²) >= 11 is 1.42. The Morgan fingerprint density at radius 3 is 2.88 bits per heavy atom. The number of thiazole rings is 1. The zero-order valence-electron chi connectivity index (χ0n) is 13.9. The minimum atomic E-state index is -0.0901. The summed E-state index contributed by atoms with van der Waals surface area (Å²) in [7, 11) is 0. The molecule has 0 bridgehead atoms. The first-order valence-corrected chi connectivity index (χ1v) is 9.06. The van der Waals surface area contributed by atoms with Crippen molar-refractivity contribution in [3.63, 3.8) is 0 Å². The van der Waals surface area contributed by atoms with Crippen LogP contribution >= 0.6 is 11.3 Å². The lowest BCUT2D eigenvalue weighted by atomic mass is 10.0. The number of benzene rings is 1. The molecule has 1 aliphatic heterocycles. The summed E-state index contributed by atoms with van der Waals surface area (Å²) in [5.41, 5.74) is 2.67. The van der Waals surface area contributed by atoms with Crippen LogP contribution in [0, 0.1) is 0 Å². The smallest absolute Gasteiger partial charge is 0.230 e. The van der Waals surface area contributed by atoms with E-state index in [-0.39, 0.29) is 18.2 Å². The minimum Gasteiger partial charge on any atom is -0.325 e. The lowest BCUT2D eigenvalue weighted by Crippen LogP contribution is -2.23. The molecular formula is C18H21N3O2S. The van der Waals surface area contributed by atoms with Crippen LogP contribution in [0.5, 0.6) is 0 Å². The molecule has 1 N–H and O–H groups in total. The van der Waals surface area contributed by atoms with E-state index in [1.807, 2.05) is 29.6 Å². The Kier molecular flexibility index (Phi) is 4.94. The third-order valence-corrected chi connectivity index (χ3v) is 4.95. The van der Waals surface area contributed by atoms with Gasteiger partial charge in [-0.1, -0.05) is 32.0 Å². The van der Waals surface area contributed by atoms with Crippen LogP contribution in [0.4, 0.5) is 10.8 Å². The maximum absolute atomic E-state index is 12.3. The third-order valence-electron chi connectivity index (χ3n) is 4.04. The normalized spacial score (nSPS) is 14.5. The Bertz CT molecular complexity index is 754. The van der Waals surface area contributed by atoms with Crippen molar-refractivity contribution in [2.24, 2.45) is 0 Å². The van der Waals surface area contributed by atoms with Gasteiger partial charge in [0.1, 0.15) is 0 Å². The second kappa shape index (κ2) is 7.13. The van der Waals surface area contributed by atoms with Crippen molar-refractivity contribution in [3.05, 3.63) is 40.9 Å². The largest absolute Gasteiger partial charge is 0.325 e. The number of nitrogens with zero attached hydrogens (tertiary/aromatic N) is 2. The highest BCUT2D eigenvalue weighted by atomic mass is 32.1. The number of carbonyl (C=O) groups excluding carboxylic acids is 2. The second-order valence-electron chi connectivity index (χ2n) is 6.24. The monoisotopic (exact) mass is 343 g/mol. The molecule has 0 aliphatic carbocycles. The quantitative estimate of drug-likeness (QED) is 0.903. The summed E-state index contributed by atoms with van der Waals surface area (Å²) in [5, 5.41) is 5.53. The first-order chi connectivity index (χ1) is 11.5. The van der Waals surface area contributed by atoms with E-state index in [9.17, 15) is 9.59 Å². The van der Waals surface area contributed by atoms with Gasteiger partial charge in [0.25, 0.3) is 0 Å². The Morgan fingerprint density at radius 2 is 2.17 bits per heavy atom. The molecule has 5 nitrogen and oxygen atoms in total. The predicted molar refractivity (Wildman–Crippen MR) is 96.6 cm³/mol. The molecule has 0 unspecified atom stereocenters. The van der Waals surface area contributed by atoms with Gasteiger partial charge in [-0.2, -0.15) is 0 Å². The van der Waals surface area contributed by atoms with E-state index >= 15 is 0 Å². The van der Waals surface area contributed by atoms with Crippen molar-refractivity contribution < 1.29 is 9.59 Å². The van der Waals surface area contributed by atoms with Crippen molar-refractivity contribution >= 4 is 34.0 Å². The van der Waals surface area contributed by atoms with Crippen molar-refractivity contribution in [2.45, 2.75) is 39.0 Å². The maximum atomic E-state index is 12.3. The molecule has 0 atom stereocenters. The first kappa shape index (κ1) is 16.6. The molecule has 1 aromatic heterocycles. The van der Waals surface area contributed by atoms with Crippen LogP contribution in [0.3, 0.4) is 0 Å². The molecule has 6 heteroatoms. The van der Waals surface area contributed by atoms with E-state index < -0.39 is 0 Å². The molecule has 2 aromatic rings. The number of amides is 2. The van der Waals surface area contributed by atoms with Crippen LogP contribution in [0.1, 0.15) is 43.9 Å². The van der Waals surface area contributed by atoms with Crippen molar-refractivity contribution in [3.8, 4) is 0 Å². The van der Waals surface area contributed by atoms with E-state index in [0.717, 1.165) is 24.2 Å². The van der Waals surface area contributed by atoms with Crippen LogP contribution in [-0.4, -0.2) is 23.3 Å². The van der Waals surface area contributed by atoms with Gasteiger partial charge in [0.15, 0.2) is 5.13 Å². The van der Waals surface area contributed by atoms with Crippen molar-refractivity contribution in [1.82, 2.24) is 4.98 Å². The molecule has 2 heterocycles. The molecule has 1 fully saturated rings. The number of carbonyl (C=O) groups is 2. The highest BCUT2D eigenvalue weighted by Crippen LogP contribution is 2.26. The van der Waals surface area contributed by atoms with Crippen LogP contribution in [-0.2, 0) is 16.0 Å². The molecule has 0 radical (unpaired) electrons. The van der Waals surface area contributed by atoms with Gasteiger partial charge < -0.3 is 5.32 Å². The Balaban J connectivity index is 1.66. The zero-order chi connectivity index (χ0) is 17.1. The third kappa shape index (κ3) is 3.64. The van der Waals surface area contributed by atoms with Crippen molar-refractivity contribution in [2.75, 3.05) is 16.8 Å². The highest BCUT2D eigenvalue weighted by molar-refractivity contribution is 7.14. The van der Waals surface area contributed by atoms with Gasteiger partial charge in [-0.05, 0) is 24.0 Å². The predicted octanol–water partition coefficient (Wildman–Crippen LogP) is 3.57. The van der Waals surface area contributed by atoms with E-state index in [0.29, 0.717) is 23.2 Å². The number of hydrogen-bond acceptors (Lipinski definition) is 4. The van der Waals surface area contributed by atoms with Crippen LogP contribution < -0.4 is 10.2 Å². The van der Waals surface area contributed by atoms with Crippen LogP contribution in [0.15, 0.2) is 29.6 Å². The van der Waals surface area contributed by atoms with Gasteiger partial charge in [0.2, 0.25) is 11.8 Å². The maximum Gasteiger partial charge on any atom is 0.230 e. The van der Waals surface area contributed by atoms with Gasteiger partial charge in [-0.3, -0.25) is 14.5 Å². The molecule has 1 saturated heterocycles. The van der Waals surface area contributed by atoms with Gasteiger partial charge in [-0.15, -0.1) is 11.3 Å². The zero-order valence-corrected chi connectivity index (χ0v) is 14.7. The number of nitrogens with one attached hydrogen (secondary N) is 1. The summed E-state index contributed by atoms with van der Waals surface area (Å²) in [6, 6.07) is 7.84. The summed E-state index contributed by atoms with van der Waals surface area (Å²) in [5.74, 6) is 0.368. The van der Waals surface area contributed by atoms with Gasteiger partial charge >= 0.3 is 0 Å². The fourth-order valence-electron chi connectivity index (χ4n) is 2.83. The minimum absolute atomic E-state index is 0.0901. The standard InChI is InChI=1S/C18H21N3O2S/c1-12(2)14-6-3-4-7-15(14)20-16(22)10-13-11-24-18(19-13)21-9-5-8-17(21)23/h3-4,6-7,11-12H,5,8-10H2,1-2H3,(H,20,22). The Morgan fingerprint density at radius 1 is 1.38 bits per heavy atom. The van der Waals surface area contributed by atoms with Crippen LogP contribution in [0.2, 0.25) is 0 Å². The Hall–Kier alpha value is -2.21. The van der Waals surface area contributed by atoms with E-state index in [2.05, 4.69) is 24.1 Å². The molecule has 1 aliphatic rings. The molecule has 0 spiro atoms. The summed E-state index contributed by atoms with van der Waals surface area (Å²) in [6.07, 6.45) is 1.67. The van der Waals surface area contributed by atoms with E-state index in [4.69, 9.17) is 0 Å². The van der Waals surface area contributed by atoms with Gasteiger partial charge in [0.05, 0.1) is 12.1 Å². The second-order valence-corrected chi connectivity index (χ2v) is 7.07. The van der Waals surface area contributed by atoms with Gasteiger partial charge in [0, 0.05) is 24.0 Å². The molecule has 24 heavy (non-hydrogen) atoms. The van der Waals surface area contributed by atoms with E-state index in [1.165, 1.54) is 11.3 Å². The molecule has 2 amide bonds. The summed E-state index contributed by atoms with van der Waals surface area (Å²) in [4.78, 5) is 30.2. The molecule has 3 rings (SSSR count). The summed E-state index contributed by atoms with van der Waals surface area (Å²) in [6.45, 7) is 4.93. The number of hydrogen-bond donors (Lipinski definition) is 1. The average molecular weight is 343 g/mol.